The minimum absolute atomic E-state index is 0.0761. The lowest BCUT2D eigenvalue weighted by Crippen LogP contribution is -2.16. The van der Waals surface area contributed by atoms with Gasteiger partial charge in [-0.15, -0.1) is 0 Å². The molecule has 0 radical (unpaired) electrons. The van der Waals surface area contributed by atoms with Crippen LogP contribution in [0.15, 0.2) is 58.1 Å². The molecular formula is C22H25BrN2O3. The fourth-order valence-corrected chi connectivity index (χ4v) is 2.76. The first-order valence-corrected chi connectivity index (χ1v) is 10.3. The van der Waals surface area contributed by atoms with Crippen molar-refractivity contribution in [2.75, 3.05) is 0 Å². The van der Waals surface area contributed by atoms with E-state index in [1.807, 2.05) is 0 Å². The molecule has 0 aliphatic heterocycles. The van der Waals surface area contributed by atoms with Gasteiger partial charge in [-0.3, -0.25) is 4.79 Å². The number of carbonyl (C=O) groups excluding carboxylic acids is 2. The van der Waals surface area contributed by atoms with E-state index in [9.17, 15) is 9.59 Å². The van der Waals surface area contributed by atoms with E-state index in [0.717, 1.165) is 22.9 Å². The SMILES string of the molecule is CCCCCCCC(=O)N/N=C/c1ccc(OC(=O)c2ccc(Br)cc2)cc1. The van der Waals surface area contributed by atoms with Gasteiger partial charge in [0, 0.05) is 10.9 Å². The molecule has 1 N–H and O–H groups in total. The van der Waals surface area contributed by atoms with E-state index in [-0.39, 0.29) is 5.91 Å². The van der Waals surface area contributed by atoms with Gasteiger partial charge in [-0.1, -0.05) is 48.5 Å². The van der Waals surface area contributed by atoms with E-state index in [1.54, 1.807) is 54.7 Å². The number of carbonyl (C=O) groups is 2. The van der Waals surface area contributed by atoms with Crippen molar-refractivity contribution in [2.45, 2.75) is 45.4 Å². The Labute approximate surface area is 174 Å². The van der Waals surface area contributed by atoms with Crippen molar-refractivity contribution in [3.63, 3.8) is 0 Å². The summed E-state index contributed by atoms with van der Waals surface area (Å²) in [6, 6.07) is 13.9. The summed E-state index contributed by atoms with van der Waals surface area (Å²) in [6.07, 6.45) is 7.60. The third-order valence-electron chi connectivity index (χ3n) is 4.08. The second-order valence-electron chi connectivity index (χ2n) is 6.42. The first-order valence-electron chi connectivity index (χ1n) is 9.48. The van der Waals surface area contributed by atoms with Crippen molar-refractivity contribution in [3.8, 4) is 5.75 Å². The van der Waals surface area contributed by atoms with Crippen LogP contribution in [0.2, 0.25) is 0 Å². The molecule has 148 valence electrons. The molecule has 2 rings (SSSR count). The Morgan fingerprint density at radius 2 is 1.68 bits per heavy atom. The lowest BCUT2D eigenvalue weighted by atomic mass is 10.1. The molecule has 0 atom stereocenters. The molecule has 0 aromatic heterocycles. The maximum atomic E-state index is 12.1. The van der Waals surface area contributed by atoms with Gasteiger partial charge in [0.05, 0.1) is 11.8 Å². The zero-order chi connectivity index (χ0) is 20.2. The molecule has 5 nitrogen and oxygen atoms in total. The van der Waals surface area contributed by atoms with Gasteiger partial charge in [-0.05, 0) is 60.5 Å². The highest BCUT2D eigenvalue weighted by atomic mass is 79.9. The van der Waals surface area contributed by atoms with Crippen molar-refractivity contribution >= 4 is 34.0 Å². The molecule has 0 aliphatic rings. The quantitative estimate of drug-likeness (QED) is 0.173. The monoisotopic (exact) mass is 444 g/mol. The Kier molecular flexibility index (Phi) is 9.42. The standard InChI is InChI=1S/C22H25BrN2O3/c1-2-3-4-5-6-7-21(26)25-24-16-17-8-14-20(15-9-17)28-22(27)18-10-12-19(23)13-11-18/h8-16H,2-7H2,1H3,(H,25,26)/b24-16+. The van der Waals surface area contributed by atoms with E-state index < -0.39 is 5.97 Å². The number of amides is 1. The Bertz CT molecular complexity index is 786. The average molecular weight is 445 g/mol. The van der Waals surface area contributed by atoms with Crippen LogP contribution in [-0.2, 0) is 4.79 Å². The number of unbranched alkanes of at least 4 members (excludes halogenated alkanes) is 4. The van der Waals surface area contributed by atoms with Crippen molar-refractivity contribution in [1.82, 2.24) is 5.43 Å². The molecule has 6 heteroatoms. The summed E-state index contributed by atoms with van der Waals surface area (Å²) in [5, 5.41) is 3.97. The summed E-state index contributed by atoms with van der Waals surface area (Å²) in [4.78, 5) is 23.8. The number of hydrogen-bond donors (Lipinski definition) is 1. The number of rotatable bonds is 10. The van der Waals surface area contributed by atoms with Crippen LogP contribution < -0.4 is 10.2 Å². The number of nitrogens with zero attached hydrogens (tertiary/aromatic N) is 1. The summed E-state index contributed by atoms with van der Waals surface area (Å²) in [6.45, 7) is 2.17. The van der Waals surface area contributed by atoms with Gasteiger partial charge in [0.15, 0.2) is 0 Å². The van der Waals surface area contributed by atoms with E-state index >= 15 is 0 Å². The maximum absolute atomic E-state index is 12.1. The van der Waals surface area contributed by atoms with Gasteiger partial charge in [-0.25, -0.2) is 10.2 Å². The molecule has 0 fully saturated rings. The number of hydrogen-bond acceptors (Lipinski definition) is 4. The zero-order valence-electron chi connectivity index (χ0n) is 16.0. The fourth-order valence-electron chi connectivity index (χ4n) is 2.50. The third-order valence-corrected chi connectivity index (χ3v) is 4.61. The summed E-state index contributed by atoms with van der Waals surface area (Å²) in [5.41, 5.74) is 3.81. The van der Waals surface area contributed by atoms with Crippen LogP contribution in [-0.4, -0.2) is 18.1 Å². The second kappa shape index (κ2) is 12.1. The van der Waals surface area contributed by atoms with Crippen molar-refractivity contribution < 1.29 is 14.3 Å². The van der Waals surface area contributed by atoms with Crippen molar-refractivity contribution in [2.24, 2.45) is 5.10 Å². The van der Waals surface area contributed by atoms with Crippen LogP contribution in [0, 0.1) is 0 Å². The summed E-state index contributed by atoms with van der Waals surface area (Å²) in [5.74, 6) is -0.0471. The van der Waals surface area contributed by atoms with Crippen molar-refractivity contribution in [3.05, 3.63) is 64.1 Å². The topological polar surface area (TPSA) is 67.8 Å². The number of ether oxygens (including phenoxy) is 1. The number of esters is 1. The lowest BCUT2D eigenvalue weighted by Gasteiger charge is -2.05. The van der Waals surface area contributed by atoms with E-state index in [1.165, 1.54) is 19.3 Å². The van der Waals surface area contributed by atoms with Crippen LogP contribution in [0.5, 0.6) is 5.75 Å². The second-order valence-corrected chi connectivity index (χ2v) is 7.34. The van der Waals surface area contributed by atoms with Crippen LogP contribution in [0.25, 0.3) is 0 Å². The Morgan fingerprint density at radius 1 is 1.00 bits per heavy atom. The third kappa shape index (κ3) is 8.05. The van der Waals surface area contributed by atoms with Gasteiger partial charge < -0.3 is 4.74 Å². The first-order chi connectivity index (χ1) is 13.6. The summed E-state index contributed by atoms with van der Waals surface area (Å²) < 4.78 is 6.24. The molecule has 2 aromatic rings. The zero-order valence-corrected chi connectivity index (χ0v) is 17.6. The van der Waals surface area contributed by atoms with Crippen LogP contribution >= 0.6 is 15.9 Å². The molecular weight excluding hydrogens is 420 g/mol. The summed E-state index contributed by atoms with van der Waals surface area (Å²) >= 11 is 3.33. The molecule has 0 saturated carbocycles. The van der Waals surface area contributed by atoms with Gasteiger partial charge in [0.1, 0.15) is 5.75 Å². The van der Waals surface area contributed by atoms with Gasteiger partial charge >= 0.3 is 5.97 Å². The maximum Gasteiger partial charge on any atom is 0.343 e. The van der Waals surface area contributed by atoms with Gasteiger partial charge in [-0.2, -0.15) is 5.10 Å². The molecule has 2 aromatic carbocycles. The normalized spacial score (nSPS) is 10.8. The van der Waals surface area contributed by atoms with E-state index in [0.29, 0.717) is 17.7 Å². The summed E-state index contributed by atoms with van der Waals surface area (Å²) in [7, 11) is 0. The molecule has 0 heterocycles. The Morgan fingerprint density at radius 3 is 2.36 bits per heavy atom. The minimum atomic E-state index is -0.417. The smallest absolute Gasteiger partial charge is 0.343 e. The molecule has 28 heavy (non-hydrogen) atoms. The lowest BCUT2D eigenvalue weighted by molar-refractivity contribution is -0.121. The van der Waals surface area contributed by atoms with Crippen LogP contribution in [0.3, 0.4) is 0 Å². The van der Waals surface area contributed by atoms with Gasteiger partial charge in [0.2, 0.25) is 5.91 Å². The average Bonchev–Trinajstić information content (AvgIpc) is 2.69. The predicted molar refractivity (Wildman–Crippen MR) is 115 cm³/mol. The molecule has 0 unspecified atom stereocenters. The predicted octanol–water partition coefficient (Wildman–Crippen LogP) is 5.48. The fraction of sp³-hybridized carbons (Fsp3) is 0.318. The highest BCUT2D eigenvalue weighted by Gasteiger charge is 2.08. The van der Waals surface area contributed by atoms with Crippen LogP contribution in [0.4, 0.5) is 0 Å². The number of hydrazone groups is 1. The van der Waals surface area contributed by atoms with E-state index in [4.69, 9.17) is 4.74 Å². The molecule has 0 bridgehead atoms. The highest BCUT2D eigenvalue weighted by molar-refractivity contribution is 9.10. The minimum Gasteiger partial charge on any atom is -0.423 e. The Hall–Kier alpha value is -2.47. The number of benzene rings is 2. The number of nitrogens with one attached hydrogen (secondary N) is 1. The molecule has 0 saturated heterocycles. The highest BCUT2D eigenvalue weighted by Crippen LogP contribution is 2.15. The molecule has 1 amide bonds. The molecule has 0 aliphatic carbocycles. The first kappa shape index (κ1) is 21.8. The Balaban J connectivity index is 1.75. The van der Waals surface area contributed by atoms with Gasteiger partial charge in [0.25, 0.3) is 0 Å². The largest absolute Gasteiger partial charge is 0.423 e. The molecule has 0 spiro atoms. The van der Waals surface area contributed by atoms with E-state index in [2.05, 4.69) is 33.4 Å². The number of halogens is 1. The van der Waals surface area contributed by atoms with Crippen LogP contribution in [0.1, 0.15) is 61.4 Å². The van der Waals surface area contributed by atoms with Crippen molar-refractivity contribution in [1.29, 1.82) is 0 Å².